The van der Waals surface area contributed by atoms with Crippen molar-refractivity contribution in [2.24, 2.45) is 4.99 Å². The molecule has 0 aliphatic carbocycles. The van der Waals surface area contributed by atoms with E-state index in [0.717, 1.165) is 17.7 Å². The number of benzene rings is 1. The molecule has 1 aromatic carbocycles. The Hall–Kier alpha value is -1.60. The Morgan fingerprint density at radius 1 is 1.28 bits per heavy atom. The topological polar surface area (TPSA) is 79.8 Å². The van der Waals surface area contributed by atoms with Gasteiger partial charge < -0.3 is 15.4 Å². The highest BCUT2D eigenvalue weighted by Gasteiger charge is 2.28. The van der Waals surface area contributed by atoms with Crippen molar-refractivity contribution in [3.05, 3.63) is 35.4 Å². The number of nitrogens with zero attached hydrogens (tertiary/aromatic N) is 1. The first-order chi connectivity index (χ1) is 11.9. The van der Waals surface area contributed by atoms with E-state index in [4.69, 9.17) is 4.74 Å². The summed E-state index contributed by atoms with van der Waals surface area (Å²) >= 11 is 0. The lowest BCUT2D eigenvalue weighted by Crippen LogP contribution is -2.44. The van der Waals surface area contributed by atoms with E-state index in [2.05, 4.69) is 27.8 Å². The SMILES string of the molecule is CCNC(=NCc1ccc(COC(C)C)cc1)NC1CCS(=O)(=O)C1. The fourth-order valence-electron chi connectivity index (χ4n) is 2.60. The molecule has 1 atom stereocenters. The highest BCUT2D eigenvalue weighted by atomic mass is 32.2. The number of aliphatic imine (C=N–C) groups is 1. The summed E-state index contributed by atoms with van der Waals surface area (Å²) in [6.07, 6.45) is 0.856. The first kappa shape index (κ1) is 19.7. The Bertz CT molecular complexity index is 669. The highest BCUT2D eigenvalue weighted by Crippen LogP contribution is 2.11. The number of hydrogen-bond donors (Lipinski definition) is 2. The maximum atomic E-state index is 11.6. The Balaban J connectivity index is 1.91. The van der Waals surface area contributed by atoms with Gasteiger partial charge >= 0.3 is 0 Å². The quantitative estimate of drug-likeness (QED) is 0.568. The van der Waals surface area contributed by atoms with E-state index in [1.807, 2.05) is 32.9 Å². The molecule has 2 rings (SSSR count). The molecule has 1 unspecified atom stereocenters. The molecular weight excluding hydrogens is 338 g/mol. The maximum Gasteiger partial charge on any atom is 0.191 e. The molecule has 0 amide bonds. The summed E-state index contributed by atoms with van der Waals surface area (Å²) in [5.41, 5.74) is 2.24. The molecule has 6 nitrogen and oxygen atoms in total. The summed E-state index contributed by atoms with van der Waals surface area (Å²) in [5.74, 6) is 1.10. The van der Waals surface area contributed by atoms with Gasteiger partial charge in [0, 0.05) is 12.6 Å². The molecule has 2 N–H and O–H groups in total. The lowest BCUT2D eigenvalue weighted by atomic mass is 10.1. The van der Waals surface area contributed by atoms with Gasteiger partial charge in [-0.3, -0.25) is 0 Å². The molecule has 1 saturated heterocycles. The van der Waals surface area contributed by atoms with Crippen molar-refractivity contribution in [1.29, 1.82) is 0 Å². The molecule has 0 saturated carbocycles. The molecule has 25 heavy (non-hydrogen) atoms. The van der Waals surface area contributed by atoms with Crippen molar-refractivity contribution in [3.8, 4) is 0 Å². The van der Waals surface area contributed by atoms with Crippen LogP contribution in [0.25, 0.3) is 0 Å². The summed E-state index contributed by atoms with van der Waals surface area (Å²) in [6, 6.07) is 8.14. The number of sulfone groups is 1. The third kappa shape index (κ3) is 7.04. The van der Waals surface area contributed by atoms with Gasteiger partial charge in [-0.25, -0.2) is 13.4 Å². The maximum absolute atomic E-state index is 11.6. The average Bonchev–Trinajstić information content (AvgIpc) is 2.90. The van der Waals surface area contributed by atoms with Crippen LogP contribution in [0.15, 0.2) is 29.3 Å². The van der Waals surface area contributed by atoms with Crippen LogP contribution in [0, 0.1) is 0 Å². The van der Waals surface area contributed by atoms with Crippen molar-refractivity contribution >= 4 is 15.8 Å². The van der Waals surface area contributed by atoms with Crippen LogP contribution in [0.1, 0.15) is 38.3 Å². The van der Waals surface area contributed by atoms with Gasteiger partial charge in [0.1, 0.15) is 0 Å². The van der Waals surface area contributed by atoms with Crippen LogP contribution < -0.4 is 10.6 Å². The van der Waals surface area contributed by atoms with Gasteiger partial charge in [0.15, 0.2) is 15.8 Å². The molecular formula is C18H29N3O3S. The molecule has 7 heteroatoms. The molecule has 1 aliphatic heterocycles. The number of rotatable bonds is 7. The van der Waals surface area contributed by atoms with Crippen LogP contribution in [0.2, 0.25) is 0 Å². The number of ether oxygens (including phenoxy) is 1. The molecule has 140 valence electrons. The zero-order valence-corrected chi connectivity index (χ0v) is 16.1. The predicted molar refractivity (Wildman–Crippen MR) is 101 cm³/mol. The Morgan fingerprint density at radius 3 is 2.52 bits per heavy atom. The predicted octanol–water partition coefficient (Wildman–Crippen LogP) is 1.85. The monoisotopic (exact) mass is 367 g/mol. The van der Waals surface area contributed by atoms with Crippen LogP contribution in [0.4, 0.5) is 0 Å². The molecule has 0 radical (unpaired) electrons. The zero-order chi connectivity index (χ0) is 18.3. The largest absolute Gasteiger partial charge is 0.374 e. The van der Waals surface area contributed by atoms with Gasteiger partial charge in [0.05, 0.1) is 30.8 Å². The van der Waals surface area contributed by atoms with E-state index in [9.17, 15) is 8.42 Å². The van der Waals surface area contributed by atoms with Crippen LogP contribution in [-0.4, -0.2) is 44.6 Å². The smallest absolute Gasteiger partial charge is 0.191 e. The fraction of sp³-hybridized carbons (Fsp3) is 0.611. The molecule has 1 heterocycles. The Morgan fingerprint density at radius 2 is 1.96 bits per heavy atom. The van der Waals surface area contributed by atoms with Crippen molar-refractivity contribution in [2.75, 3.05) is 18.1 Å². The minimum atomic E-state index is -2.90. The van der Waals surface area contributed by atoms with Gasteiger partial charge in [0.25, 0.3) is 0 Å². The summed E-state index contributed by atoms with van der Waals surface area (Å²) in [6.45, 7) is 7.92. The molecule has 1 aliphatic rings. The second-order valence-corrected chi connectivity index (χ2v) is 8.84. The Kier molecular flexibility index (Phi) is 7.25. The number of guanidine groups is 1. The normalized spacial score (nSPS) is 20.0. The van der Waals surface area contributed by atoms with E-state index < -0.39 is 9.84 Å². The molecule has 0 spiro atoms. The lowest BCUT2D eigenvalue weighted by Gasteiger charge is -2.15. The van der Waals surface area contributed by atoms with Gasteiger partial charge in [-0.15, -0.1) is 0 Å². The van der Waals surface area contributed by atoms with Crippen LogP contribution in [0.5, 0.6) is 0 Å². The van der Waals surface area contributed by atoms with Gasteiger partial charge in [-0.1, -0.05) is 24.3 Å². The molecule has 0 bridgehead atoms. The third-order valence-electron chi connectivity index (χ3n) is 3.94. The second kappa shape index (κ2) is 9.20. The van der Waals surface area contributed by atoms with Gasteiger partial charge in [0.2, 0.25) is 0 Å². The van der Waals surface area contributed by atoms with Gasteiger partial charge in [-0.05, 0) is 38.3 Å². The number of hydrogen-bond acceptors (Lipinski definition) is 4. The lowest BCUT2D eigenvalue weighted by molar-refractivity contribution is 0.0657. The zero-order valence-electron chi connectivity index (χ0n) is 15.3. The standard InChI is InChI=1S/C18H29N3O3S/c1-4-19-18(21-17-9-10-25(22,23)13-17)20-11-15-5-7-16(8-6-15)12-24-14(2)3/h5-8,14,17H,4,9-13H2,1-3H3,(H2,19,20,21). The first-order valence-electron chi connectivity index (χ1n) is 8.82. The van der Waals surface area contributed by atoms with Gasteiger partial charge in [-0.2, -0.15) is 0 Å². The van der Waals surface area contributed by atoms with Crippen molar-refractivity contribution in [1.82, 2.24) is 10.6 Å². The van der Waals surface area contributed by atoms with Crippen molar-refractivity contribution < 1.29 is 13.2 Å². The minimum Gasteiger partial charge on any atom is -0.374 e. The van der Waals surface area contributed by atoms with E-state index in [1.165, 1.54) is 0 Å². The molecule has 0 aromatic heterocycles. The highest BCUT2D eigenvalue weighted by molar-refractivity contribution is 7.91. The summed E-state index contributed by atoms with van der Waals surface area (Å²) in [7, 11) is -2.90. The van der Waals surface area contributed by atoms with E-state index in [-0.39, 0.29) is 23.7 Å². The third-order valence-corrected chi connectivity index (χ3v) is 5.71. The minimum absolute atomic E-state index is 0.0571. The van der Waals surface area contributed by atoms with Crippen molar-refractivity contribution in [3.63, 3.8) is 0 Å². The van der Waals surface area contributed by atoms with Crippen LogP contribution in [-0.2, 0) is 27.7 Å². The summed E-state index contributed by atoms with van der Waals surface area (Å²) < 4.78 is 28.7. The molecule has 1 fully saturated rings. The Labute approximate surface area is 151 Å². The average molecular weight is 368 g/mol. The van der Waals surface area contributed by atoms with E-state index >= 15 is 0 Å². The van der Waals surface area contributed by atoms with Crippen molar-refractivity contribution in [2.45, 2.75) is 52.5 Å². The van der Waals surface area contributed by atoms with E-state index in [1.54, 1.807) is 0 Å². The number of nitrogens with one attached hydrogen (secondary N) is 2. The molecule has 1 aromatic rings. The fourth-order valence-corrected chi connectivity index (χ4v) is 4.27. The van der Waals surface area contributed by atoms with Crippen LogP contribution >= 0.6 is 0 Å². The second-order valence-electron chi connectivity index (χ2n) is 6.62. The summed E-state index contributed by atoms with van der Waals surface area (Å²) in [4.78, 5) is 4.57. The summed E-state index contributed by atoms with van der Waals surface area (Å²) in [5, 5.41) is 6.40. The van der Waals surface area contributed by atoms with E-state index in [0.29, 0.717) is 25.5 Å². The van der Waals surface area contributed by atoms with Crippen LogP contribution in [0.3, 0.4) is 0 Å². The first-order valence-corrected chi connectivity index (χ1v) is 10.6.